The van der Waals surface area contributed by atoms with E-state index in [0.29, 0.717) is 16.6 Å². The Hall–Kier alpha value is -1.89. The summed E-state index contributed by atoms with van der Waals surface area (Å²) in [6.07, 6.45) is 10.5. The molecule has 2 aromatic heterocycles. The van der Waals surface area contributed by atoms with Crippen LogP contribution in [0.25, 0.3) is 0 Å². The minimum atomic E-state index is -0.172. The van der Waals surface area contributed by atoms with Crippen molar-refractivity contribution >= 4 is 18.0 Å². The molecule has 3 rings (SSSR count). The van der Waals surface area contributed by atoms with Crippen LogP contribution < -0.4 is 5.56 Å². The van der Waals surface area contributed by atoms with E-state index in [9.17, 15) is 4.79 Å². The Labute approximate surface area is 132 Å². The summed E-state index contributed by atoms with van der Waals surface area (Å²) in [7, 11) is 0. The van der Waals surface area contributed by atoms with Gasteiger partial charge in [-0.2, -0.15) is 9.78 Å². The summed E-state index contributed by atoms with van der Waals surface area (Å²) in [5.41, 5.74) is 0.364. The highest BCUT2D eigenvalue weighted by molar-refractivity contribution is 7.98. The number of furan rings is 1. The van der Waals surface area contributed by atoms with Crippen LogP contribution in [0.4, 0.5) is 0 Å². The van der Waals surface area contributed by atoms with E-state index in [4.69, 9.17) is 4.42 Å². The second kappa shape index (κ2) is 6.91. The Morgan fingerprint density at radius 2 is 2.18 bits per heavy atom. The standard InChI is InChI=1S/C15H18N4O2S/c1-22-15-18-17-13(11-6-3-2-4-7-11)14(20)19(15)16-10-12-8-5-9-21-12/h5,8-11H,2-4,6-7H2,1H3/b16-10+. The average Bonchev–Trinajstić information content (AvgIpc) is 3.07. The molecule has 0 unspecified atom stereocenters. The van der Waals surface area contributed by atoms with E-state index in [1.54, 1.807) is 18.4 Å². The summed E-state index contributed by atoms with van der Waals surface area (Å²) in [5.74, 6) is 0.796. The fourth-order valence-corrected chi connectivity index (χ4v) is 3.14. The predicted octanol–water partition coefficient (Wildman–Crippen LogP) is 2.88. The molecule has 0 N–H and O–H groups in total. The molecule has 0 aromatic carbocycles. The lowest BCUT2D eigenvalue weighted by Crippen LogP contribution is -2.28. The lowest BCUT2D eigenvalue weighted by molar-refractivity contribution is 0.422. The van der Waals surface area contributed by atoms with Crippen LogP contribution in [0.1, 0.15) is 49.5 Å². The maximum absolute atomic E-state index is 12.7. The zero-order valence-electron chi connectivity index (χ0n) is 12.4. The molecule has 2 heterocycles. The molecule has 0 bridgehead atoms. The minimum Gasteiger partial charge on any atom is -0.463 e. The third kappa shape index (κ3) is 3.14. The van der Waals surface area contributed by atoms with Crippen molar-refractivity contribution in [2.75, 3.05) is 6.26 Å². The average molecular weight is 318 g/mol. The maximum atomic E-state index is 12.7. The Kier molecular flexibility index (Phi) is 4.72. The van der Waals surface area contributed by atoms with E-state index in [-0.39, 0.29) is 11.5 Å². The molecule has 1 aliphatic rings. The monoisotopic (exact) mass is 318 g/mol. The Morgan fingerprint density at radius 3 is 2.86 bits per heavy atom. The van der Waals surface area contributed by atoms with Crippen LogP contribution in [0.5, 0.6) is 0 Å². The molecule has 1 fully saturated rings. The maximum Gasteiger partial charge on any atom is 0.297 e. The SMILES string of the molecule is CSc1nnc(C2CCCCC2)c(=O)n1/N=C/c1ccco1. The van der Waals surface area contributed by atoms with Crippen molar-refractivity contribution in [2.24, 2.45) is 5.10 Å². The van der Waals surface area contributed by atoms with Crippen molar-refractivity contribution in [1.82, 2.24) is 14.9 Å². The second-order valence-corrected chi connectivity index (χ2v) is 6.06. The van der Waals surface area contributed by atoms with Gasteiger partial charge in [0, 0.05) is 5.92 Å². The first-order valence-corrected chi connectivity index (χ1v) is 8.63. The number of hydrogen-bond acceptors (Lipinski definition) is 6. The van der Waals surface area contributed by atoms with Crippen LogP contribution in [0.3, 0.4) is 0 Å². The smallest absolute Gasteiger partial charge is 0.297 e. The molecule has 2 aromatic rings. The quantitative estimate of drug-likeness (QED) is 0.640. The van der Waals surface area contributed by atoms with Crippen LogP contribution in [0.2, 0.25) is 0 Å². The predicted molar refractivity (Wildman–Crippen MR) is 85.6 cm³/mol. The summed E-state index contributed by atoms with van der Waals surface area (Å²) < 4.78 is 6.53. The van der Waals surface area contributed by atoms with E-state index in [1.807, 2.05) is 6.26 Å². The van der Waals surface area contributed by atoms with Crippen molar-refractivity contribution in [3.8, 4) is 0 Å². The summed E-state index contributed by atoms with van der Waals surface area (Å²) in [4.78, 5) is 12.7. The zero-order valence-corrected chi connectivity index (χ0v) is 13.3. The Balaban J connectivity index is 1.97. The molecule has 1 saturated carbocycles. The third-order valence-corrected chi connectivity index (χ3v) is 4.47. The molecule has 0 radical (unpaired) electrons. The number of aromatic nitrogens is 3. The van der Waals surface area contributed by atoms with Crippen molar-refractivity contribution < 1.29 is 4.42 Å². The van der Waals surface area contributed by atoms with Crippen LogP contribution in [-0.4, -0.2) is 27.3 Å². The lowest BCUT2D eigenvalue weighted by atomic mass is 9.87. The normalized spacial score (nSPS) is 16.4. The molecule has 0 amide bonds. The molecule has 0 atom stereocenters. The van der Waals surface area contributed by atoms with Gasteiger partial charge < -0.3 is 4.42 Å². The molecule has 0 saturated heterocycles. The molecule has 0 aliphatic heterocycles. The molecular formula is C15H18N4O2S. The van der Waals surface area contributed by atoms with Crippen LogP contribution in [0.15, 0.2) is 37.9 Å². The summed E-state index contributed by atoms with van der Waals surface area (Å²) in [5, 5.41) is 13.1. The second-order valence-electron chi connectivity index (χ2n) is 5.28. The molecule has 7 heteroatoms. The summed E-state index contributed by atoms with van der Waals surface area (Å²) >= 11 is 1.35. The molecule has 0 spiro atoms. The van der Waals surface area contributed by atoms with Gasteiger partial charge in [0.1, 0.15) is 11.5 Å². The highest BCUT2D eigenvalue weighted by atomic mass is 32.2. The highest BCUT2D eigenvalue weighted by Gasteiger charge is 2.22. The van der Waals surface area contributed by atoms with Crippen LogP contribution in [-0.2, 0) is 0 Å². The van der Waals surface area contributed by atoms with Gasteiger partial charge in [-0.25, -0.2) is 0 Å². The first kappa shape index (κ1) is 15.0. The van der Waals surface area contributed by atoms with E-state index >= 15 is 0 Å². The van der Waals surface area contributed by atoms with Crippen molar-refractivity contribution in [2.45, 2.75) is 43.2 Å². The van der Waals surface area contributed by atoms with Gasteiger partial charge in [-0.1, -0.05) is 31.0 Å². The van der Waals surface area contributed by atoms with E-state index < -0.39 is 0 Å². The van der Waals surface area contributed by atoms with E-state index in [2.05, 4.69) is 15.3 Å². The van der Waals surface area contributed by atoms with Gasteiger partial charge >= 0.3 is 0 Å². The largest absolute Gasteiger partial charge is 0.463 e. The number of hydrogen-bond donors (Lipinski definition) is 0. The van der Waals surface area contributed by atoms with Gasteiger partial charge in [0.05, 0.1) is 12.5 Å². The zero-order chi connectivity index (χ0) is 15.4. The highest BCUT2D eigenvalue weighted by Crippen LogP contribution is 2.29. The van der Waals surface area contributed by atoms with Crippen LogP contribution >= 0.6 is 11.8 Å². The van der Waals surface area contributed by atoms with E-state index in [0.717, 1.165) is 25.7 Å². The van der Waals surface area contributed by atoms with Gasteiger partial charge in [0.2, 0.25) is 5.16 Å². The summed E-state index contributed by atoms with van der Waals surface area (Å²) in [6, 6.07) is 3.56. The van der Waals surface area contributed by atoms with Gasteiger partial charge in [0.25, 0.3) is 5.56 Å². The number of thioether (sulfide) groups is 1. The first-order chi connectivity index (χ1) is 10.8. The molecule has 22 heavy (non-hydrogen) atoms. The topological polar surface area (TPSA) is 73.3 Å². The van der Waals surface area contributed by atoms with Gasteiger partial charge in [0.15, 0.2) is 0 Å². The minimum absolute atomic E-state index is 0.172. The Bertz CT molecular complexity index is 703. The van der Waals surface area contributed by atoms with E-state index in [1.165, 1.54) is 29.1 Å². The first-order valence-electron chi connectivity index (χ1n) is 7.41. The Morgan fingerprint density at radius 1 is 1.36 bits per heavy atom. The van der Waals surface area contributed by atoms with Crippen molar-refractivity contribution in [3.63, 3.8) is 0 Å². The molecular weight excluding hydrogens is 300 g/mol. The molecule has 116 valence electrons. The third-order valence-electron chi connectivity index (χ3n) is 3.85. The summed E-state index contributed by atoms with van der Waals surface area (Å²) in [6.45, 7) is 0. The van der Waals surface area contributed by atoms with Gasteiger partial charge in [-0.15, -0.1) is 10.2 Å². The number of rotatable bonds is 4. The van der Waals surface area contributed by atoms with Crippen LogP contribution in [0, 0.1) is 0 Å². The lowest BCUT2D eigenvalue weighted by Gasteiger charge is -2.20. The van der Waals surface area contributed by atoms with Gasteiger partial charge in [-0.3, -0.25) is 4.79 Å². The van der Waals surface area contributed by atoms with Crippen molar-refractivity contribution in [1.29, 1.82) is 0 Å². The fourth-order valence-electron chi connectivity index (χ4n) is 2.72. The number of nitrogens with zero attached hydrogens (tertiary/aromatic N) is 4. The molecule has 6 nitrogen and oxygen atoms in total. The van der Waals surface area contributed by atoms with Gasteiger partial charge in [-0.05, 0) is 31.2 Å². The van der Waals surface area contributed by atoms with Crippen molar-refractivity contribution in [3.05, 3.63) is 40.2 Å². The molecule has 1 aliphatic carbocycles. The fraction of sp³-hybridized carbons (Fsp3) is 0.467.